The molecule has 0 aromatic heterocycles. The van der Waals surface area contributed by atoms with Crippen molar-refractivity contribution in [1.82, 2.24) is 0 Å². The molecule has 0 spiro atoms. The van der Waals surface area contributed by atoms with Gasteiger partial charge in [0, 0.05) is 17.4 Å². The molecule has 7 atom stereocenters. The molecule has 0 saturated heterocycles. The third kappa shape index (κ3) is 3.32. The van der Waals surface area contributed by atoms with Crippen LogP contribution in [0.3, 0.4) is 0 Å². The van der Waals surface area contributed by atoms with E-state index in [1.54, 1.807) is 0 Å². The van der Waals surface area contributed by atoms with Gasteiger partial charge in [-0.1, -0.05) is 80.2 Å². The number of carbonyl (C=O) groups is 1. The second-order valence-electron chi connectivity index (χ2n) is 14.0. The smallest absolute Gasteiger partial charge is 0.159 e. The topological polar surface area (TPSA) is 37.3 Å². The van der Waals surface area contributed by atoms with Gasteiger partial charge in [-0.25, -0.2) is 0 Å². The summed E-state index contributed by atoms with van der Waals surface area (Å²) in [4.78, 5) is 13.9. The second kappa shape index (κ2) is 7.96. The number of Topliss-reactive ketones (excluding diaryl/α,β-unsaturated/α-hetero) is 1. The summed E-state index contributed by atoms with van der Waals surface area (Å²) in [6.07, 6.45) is 11.1. The Morgan fingerprint density at radius 1 is 0.969 bits per heavy atom. The molecular formula is C30H50O2. The molecule has 0 bridgehead atoms. The Labute approximate surface area is 198 Å². The van der Waals surface area contributed by atoms with Crippen LogP contribution >= 0.6 is 0 Å². The van der Waals surface area contributed by atoms with Crippen LogP contribution in [0.5, 0.6) is 0 Å². The van der Waals surface area contributed by atoms with Crippen molar-refractivity contribution in [3.8, 4) is 0 Å². The lowest BCUT2D eigenvalue weighted by Gasteiger charge is -2.61. The predicted molar refractivity (Wildman–Crippen MR) is 133 cm³/mol. The van der Waals surface area contributed by atoms with Crippen LogP contribution in [0.1, 0.15) is 120 Å². The molecule has 0 aromatic carbocycles. The number of allylic oxidation sites excluding steroid dienone is 2. The minimum atomic E-state index is -0.289. The fraction of sp³-hybridized carbons (Fsp3) is 0.900. The molecule has 32 heavy (non-hydrogen) atoms. The molecule has 1 N–H and O–H groups in total. The van der Waals surface area contributed by atoms with E-state index in [0.29, 0.717) is 12.2 Å². The quantitative estimate of drug-likeness (QED) is 0.473. The van der Waals surface area contributed by atoms with Crippen molar-refractivity contribution >= 4 is 5.78 Å². The van der Waals surface area contributed by atoms with Crippen LogP contribution in [0.2, 0.25) is 0 Å². The van der Waals surface area contributed by atoms with Gasteiger partial charge in [-0.05, 0) is 78.4 Å². The molecule has 0 amide bonds. The van der Waals surface area contributed by atoms with E-state index < -0.39 is 0 Å². The van der Waals surface area contributed by atoms with Crippen molar-refractivity contribution in [3.05, 3.63) is 11.1 Å². The van der Waals surface area contributed by atoms with Crippen molar-refractivity contribution in [1.29, 1.82) is 0 Å². The molecule has 0 heterocycles. The molecule has 0 unspecified atom stereocenters. The van der Waals surface area contributed by atoms with Crippen LogP contribution in [0.15, 0.2) is 11.1 Å². The first-order valence-corrected chi connectivity index (χ1v) is 13.7. The molecule has 2 heteroatoms. The maximum Gasteiger partial charge on any atom is 0.159 e. The zero-order valence-corrected chi connectivity index (χ0v) is 22.3. The summed E-state index contributed by atoms with van der Waals surface area (Å²) < 4.78 is 0. The SMILES string of the molecule is CC(C)CCC[C@H](C)[C@@H]1CC[C@]2(C)C3=C(CC[C@]12C)[C@]1(C)CC[C@@H](O)C(C)(C)[C@H]1CC3=O. The highest BCUT2D eigenvalue weighted by Gasteiger charge is 2.65. The summed E-state index contributed by atoms with van der Waals surface area (Å²) in [6.45, 7) is 19.0. The maximum absolute atomic E-state index is 13.9. The molecule has 0 aromatic rings. The third-order valence-corrected chi connectivity index (χ3v) is 11.7. The van der Waals surface area contributed by atoms with Crippen molar-refractivity contribution in [3.63, 3.8) is 0 Å². The van der Waals surface area contributed by atoms with Gasteiger partial charge in [0.1, 0.15) is 0 Å². The number of rotatable bonds is 5. The average molecular weight is 443 g/mol. The Hall–Kier alpha value is -0.630. The van der Waals surface area contributed by atoms with E-state index in [-0.39, 0.29) is 33.7 Å². The van der Waals surface area contributed by atoms with Gasteiger partial charge in [0.15, 0.2) is 5.78 Å². The maximum atomic E-state index is 13.9. The minimum absolute atomic E-state index is 0.0306. The van der Waals surface area contributed by atoms with Crippen LogP contribution in [0.4, 0.5) is 0 Å². The van der Waals surface area contributed by atoms with Crippen molar-refractivity contribution in [2.75, 3.05) is 0 Å². The largest absolute Gasteiger partial charge is 0.393 e. The fourth-order valence-electron chi connectivity index (χ4n) is 9.35. The first-order valence-electron chi connectivity index (χ1n) is 13.7. The molecule has 182 valence electrons. The highest BCUT2D eigenvalue weighted by molar-refractivity contribution is 5.99. The van der Waals surface area contributed by atoms with E-state index in [2.05, 4.69) is 55.4 Å². The molecule has 4 rings (SSSR count). The molecule has 0 aliphatic heterocycles. The molecule has 4 aliphatic carbocycles. The van der Waals surface area contributed by atoms with Crippen LogP contribution in [0, 0.1) is 45.3 Å². The summed E-state index contributed by atoms with van der Waals surface area (Å²) in [5.41, 5.74) is 2.93. The average Bonchev–Trinajstić information content (AvgIpc) is 2.98. The van der Waals surface area contributed by atoms with Crippen LogP contribution < -0.4 is 0 Å². The van der Waals surface area contributed by atoms with Gasteiger partial charge in [-0.2, -0.15) is 0 Å². The van der Waals surface area contributed by atoms with E-state index in [0.717, 1.165) is 37.0 Å². The Balaban J connectivity index is 1.68. The molecule has 0 radical (unpaired) electrons. The number of aliphatic hydroxyl groups excluding tert-OH is 1. The van der Waals surface area contributed by atoms with Crippen molar-refractivity contribution in [2.45, 2.75) is 126 Å². The van der Waals surface area contributed by atoms with Gasteiger partial charge in [0.25, 0.3) is 0 Å². The first-order chi connectivity index (χ1) is 14.8. The lowest BCUT2D eigenvalue weighted by Crippen LogP contribution is -2.57. The number of carbonyl (C=O) groups excluding carboxylic acids is 1. The number of ketones is 1. The normalized spacial score (nSPS) is 44.3. The van der Waals surface area contributed by atoms with Crippen molar-refractivity contribution in [2.24, 2.45) is 45.3 Å². The Bertz CT molecular complexity index is 791. The summed E-state index contributed by atoms with van der Waals surface area (Å²) in [6, 6.07) is 0. The fourth-order valence-corrected chi connectivity index (χ4v) is 9.35. The highest BCUT2D eigenvalue weighted by atomic mass is 16.3. The summed E-state index contributed by atoms with van der Waals surface area (Å²) >= 11 is 0. The molecule has 2 saturated carbocycles. The Morgan fingerprint density at radius 2 is 1.66 bits per heavy atom. The zero-order chi connectivity index (χ0) is 23.7. The van der Waals surface area contributed by atoms with Gasteiger partial charge in [0.05, 0.1) is 6.10 Å². The van der Waals surface area contributed by atoms with E-state index in [1.165, 1.54) is 49.7 Å². The van der Waals surface area contributed by atoms with E-state index in [4.69, 9.17) is 0 Å². The monoisotopic (exact) mass is 442 g/mol. The molecule has 2 fully saturated rings. The molecule has 4 aliphatic rings. The summed E-state index contributed by atoms with van der Waals surface area (Å²) in [5.74, 6) is 2.96. The number of hydrogen-bond acceptors (Lipinski definition) is 2. The van der Waals surface area contributed by atoms with E-state index >= 15 is 0 Å². The van der Waals surface area contributed by atoms with Gasteiger partial charge < -0.3 is 5.11 Å². The van der Waals surface area contributed by atoms with Gasteiger partial charge >= 0.3 is 0 Å². The predicted octanol–water partition coefficient (Wildman–Crippen LogP) is 7.74. The lowest BCUT2D eigenvalue weighted by molar-refractivity contribution is -0.134. The van der Waals surface area contributed by atoms with Gasteiger partial charge in [0.2, 0.25) is 0 Å². The highest BCUT2D eigenvalue weighted by Crippen LogP contribution is 2.71. The number of hydrogen-bond donors (Lipinski definition) is 1. The summed E-state index contributed by atoms with van der Waals surface area (Å²) in [7, 11) is 0. The zero-order valence-electron chi connectivity index (χ0n) is 22.3. The second-order valence-corrected chi connectivity index (χ2v) is 14.0. The standard InChI is InChI=1S/C30H50O2/c1-19(2)10-9-11-20(3)21-12-17-30(8)26-22(13-16-29(21,30)7)28(6)15-14-25(32)27(4,5)24(28)18-23(26)31/h19-21,24-25,32H,9-18H2,1-8H3/t20-,21-,24+,25+,28-,29+,30+/m0/s1. The van der Waals surface area contributed by atoms with E-state index in [1.807, 2.05) is 0 Å². The van der Waals surface area contributed by atoms with Gasteiger partial charge in [-0.15, -0.1) is 0 Å². The van der Waals surface area contributed by atoms with Crippen LogP contribution in [-0.2, 0) is 4.79 Å². The first kappa shape index (κ1) is 24.5. The number of aliphatic hydroxyl groups is 1. The summed E-state index contributed by atoms with van der Waals surface area (Å²) in [5, 5.41) is 10.8. The Morgan fingerprint density at radius 3 is 2.31 bits per heavy atom. The van der Waals surface area contributed by atoms with Crippen LogP contribution in [-0.4, -0.2) is 17.0 Å². The number of fused-ring (bicyclic) bond motifs is 4. The minimum Gasteiger partial charge on any atom is -0.393 e. The Kier molecular flexibility index (Phi) is 6.09. The van der Waals surface area contributed by atoms with Gasteiger partial charge in [-0.3, -0.25) is 4.79 Å². The lowest BCUT2D eigenvalue weighted by atomic mass is 9.43. The van der Waals surface area contributed by atoms with Crippen molar-refractivity contribution < 1.29 is 9.90 Å². The molecule has 2 nitrogen and oxygen atoms in total. The van der Waals surface area contributed by atoms with E-state index in [9.17, 15) is 9.90 Å². The van der Waals surface area contributed by atoms with Crippen LogP contribution in [0.25, 0.3) is 0 Å². The third-order valence-electron chi connectivity index (χ3n) is 11.7. The molecular weight excluding hydrogens is 392 g/mol.